The Morgan fingerprint density at radius 1 is 1.33 bits per heavy atom. The monoisotopic (exact) mass is 145 g/mol. The Balaban J connectivity index is 3.88. The van der Waals surface area contributed by atoms with Crippen LogP contribution in [0.15, 0.2) is 0 Å². The van der Waals surface area contributed by atoms with Crippen LogP contribution in [0.3, 0.4) is 0 Å². The Hall–Kier alpha value is -0.320. The summed E-state index contributed by atoms with van der Waals surface area (Å²) in [5.74, 6) is 0. The number of alkyl halides is 4. The first-order valence-corrected chi connectivity index (χ1v) is 2.32. The van der Waals surface area contributed by atoms with Crippen LogP contribution in [0.4, 0.5) is 17.6 Å². The molecule has 0 heterocycles. The molecule has 0 aliphatic rings. The van der Waals surface area contributed by atoms with Crippen molar-refractivity contribution in [3.63, 3.8) is 0 Å². The molecule has 0 fully saturated rings. The van der Waals surface area contributed by atoms with Gasteiger partial charge in [-0.05, 0) is 6.92 Å². The first-order valence-electron chi connectivity index (χ1n) is 2.32. The third-order valence-corrected chi connectivity index (χ3v) is 0.774. The maximum absolute atomic E-state index is 11.8. The summed E-state index contributed by atoms with van der Waals surface area (Å²) in [6, 6.07) is -1.48. The molecule has 0 aromatic carbocycles. The van der Waals surface area contributed by atoms with Gasteiger partial charge in [0.25, 0.3) is 0 Å². The van der Waals surface area contributed by atoms with Gasteiger partial charge in [0.15, 0.2) is 0 Å². The van der Waals surface area contributed by atoms with Crippen LogP contribution in [0, 0.1) is 0 Å². The zero-order valence-electron chi connectivity index (χ0n) is 4.74. The molecule has 0 aliphatic carbocycles. The maximum Gasteiger partial charge on any atom is 0.421 e. The van der Waals surface area contributed by atoms with Crippen LogP contribution in [0.2, 0.25) is 0 Å². The number of nitrogens with two attached hydrogens (primary N) is 1. The quantitative estimate of drug-likeness (QED) is 0.552. The first-order chi connectivity index (χ1) is 3.85. The van der Waals surface area contributed by atoms with E-state index < -0.39 is 18.4 Å². The van der Waals surface area contributed by atoms with Gasteiger partial charge in [-0.1, -0.05) is 0 Å². The molecule has 0 rings (SSSR count). The smallest absolute Gasteiger partial charge is 0.325 e. The van der Waals surface area contributed by atoms with Gasteiger partial charge in [0.1, 0.15) is 0 Å². The van der Waals surface area contributed by atoms with Gasteiger partial charge in [-0.15, -0.1) is 0 Å². The van der Waals surface area contributed by atoms with Gasteiger partial charge in [-0.25, -0.2) is 4.39 Å². The molecular weight excluding hydrogens is 138 g/mol. The van der Waals surface area contributed by atoms with E-state index in [1.54, 1.807) is 0 Å². The molecule has 5 heteroatoms. The highest BCUT2D eigenvalue weighted by molar-refractivity contribution is 4.74. The summed E-state index contributed by atoms with van der Waals surface area (Å²) in [6.45, 7) is 0.970. The van der Waals surface area contributed by atoms with E-state index in [1.807, 2.05) is 0 Å². The second kappa shape index (κ2) is 2.51. The summed E-state index contributed by atoms with van der Waals surface area (Å²) in [5, 5.41) is 0. The van der Waals surface area contributed by atoms with Crippen LogP contribution < -0.4 is 5.73 Å². The lowest BCUT2D eigenvalue weighted by Gasteiger charge is -2.14. The SMILES string of the molecule is CC(N)[C@@H](F)C(F)(F)F. The van der Waals surface area contributed by atoms with Crippen molar-refractivity contribution in [2.75, 3.05) is 0 Å². The molecule has 0 bridgehead atoms. The molecule has 2 N–H and O–H groups in total. The lowest BCUT2D eigenvalue weighted by Crippen LogP contribution is -2.39. The highest BCUT2D eigenvalue weighted by Gasteiger charge is 2.42. The molecule has 0 spiro atoms. The fourth-order valence-corrected chi connectivity index (χ4v) is 0.298. The minimum Gasteiger partial charge on any atom is -0.325 e. The highest BCUT2D eigenvalue weighted by atomic mass is 19.4. The molecule has 0 aliphatic heterocycles. The van der Waals surface area contributed by atoms with Crippen molar-refractivity contribution in [1.82, 2.24) is 0 Å². The Kier molecular flexibility index (Phi) is 2.42. The number of rotatable bonds is 1. The van der Waals surface area contributed by atoms with E-state index in [2.05, 4.69) is 5.73 Å². The van der Waals surface area contributed by atoms with Crippen LogP contribution >= 0.6 is 0 Å². The van der Waals surface area contributed by atoms with Crippen LogP contribution in [0.25, 0.3) is 0 Å². The third-order valence-electron chi connectivity index (χ3n) is 0.774. The second-order valence-electron chi connectivity index (χ2n) is 1.80. The average Bonchev–Trinajstić information content (AvgIpc) is 1.62. The predicted octanol–water partition coefficient (Wildman–Crippen LogP) is 1.23. The fraction of sp³-hybridized carbons (Fsp3) is 1.00. The molecule has 0 saturated carbocycles. The minimum absolute atomic E-state index is 0.970. The van der Waals surface area contributed by atoms with E-state index in [0.29, 0.717) is 0 Å². The lowest BCUT2D eigenvalue weighted by molar-refractivity contribution is -0.184. The molecule has 1 nitrogen and oxygen atoms in total. The topological polar surface area (TPSA) is 26.0 Å². The summed E-state index contributed by atoms with van der Waals surface area (Å²) < 4.78 is 45.5. The zero-order chi connectivity index (χ0) is 7.65. The molecule has 0 amide bonds. The van der Waals surface area contributed by atoms with Crippen molar-refractivity contribution in [2.24, 2.45) is 5.73 Å². The fourth-order valence-electron chi connectivity index (χ4n) is 0.298. The molecule has 0 aromatic heterocycles. The lowest BCUT2D eigenvalue weighted by atomic mass is 10.2. The highest BCUT2D eigenvalue weighted by Crippen LogP contribution is 2.24. The maximum atomic E-state index is 11.8. The number of halogens is 4. The third kappa shape index (κ3) is 2.64. The number of hydrogen-bond acceptors (Lipinski definition) is 1. The molecular formula is C4H7F4N. The van der Waals surface area contributed by atoms with Crippen LogP contribution in [0.5, 0.6) is 0 Å². The molecule has 0 aromatic rings. The molecule has 0 radical (unpaired) electrons. The number of hydrogen-bond donors (Lipinski definition) is 1. The van der Waals surface area contributed by atoms with Crippen molar-refractivity contribution < 1.29 is 17.6 Å². The second-order valence-corrected chi connectivity index (χ2v) is 1.80. The van der Waals surface area contributed by atoms with E-state index in [0.717, 1.165) is 6.92 Å². The summed E-state index contributed by atoms with van der Waals surface area (Å²) >= 11 is 0. The van der Waals surface area contributed by atoms with Gasteiger partial charge < -0.3 is 5.73 Å². The van der Waals surface area contributed by atoms with Crippen molar-refractivity contribution in [3.8, 4) is 0 Å². The summed E-state index contributed by atoms with van der Waals surface area (Å²) in [4.78, 5) is 0. The van der Waals surface area contributed by atoms with Gasteiger partial charge in [0.2, 0.25) is 6.17 Å². The minimum atomic E-state index is -4.81. The Labute approximate surface area is 49.8 Å². The molecule has 2 atom stereocenters. The Morgan fingerprint density at radius 2 is 1.67 bits per heavy atom. The predicted molar refractivity (Wildman–Crippen MR) is 24.6 cm³/mol. The van der Waals surface area contributed by atoms with Crippen molar-refractivity contribution >= 4 is 0 Å². The van der Waals surface area contributed by atoms with Crippen LogP contribution in [0.1, 0.15) is 6.92 Å². The van der Waals surface area contributed by atoms with E-state index in [4.69, 9.17) is 0 Å². The van der Waals surface area contributed by atoms with Gasteiger partial charge in [0.05, 0.1) is 0 Å². The van der Waals surface area contributed by atoms with E-state index >= 15 is 0 Å². The molecule has 0 saturated heterocycles. The van der Waals surface area contributed by atoms with Crippen molar-refractivity contribution in [2.45, 2.75) is 25.3 Å². The van der Waals surface area contributed by atoms with E-state index in [1.165, 1.54) is 0 Å². The summed E-state index contributed by atoms with van der Waals surface area (Å²) in [7, 11) is 0. The van der Waals surface area contributed by atoms with E-state index in [9.17, 15) is 17.6 Å². The zero-order valence-corrected chi connectivity index (χ0v) is 4.74. The average molecular weight is 145 g/mol. The Bertz CT molecular complexity index is 87.1. The largest absolute Gasteiger partial charge is 0.421 e. The van der Waals surface area contributed by atoms with Crippen molar-refractivity contribution in [1.29, 1.82) is 0 Å². The van der Waals surface area contributed by atoms with Gasteiger partial charge >= 0.3 is 6.18 Å². The van der Waals surface area contributed by atoms with Crippen LogP contribution in [-0.4, -0.2) is 18.4 Å². The molecule has 56 valence electrons. The van der Waals surface area contributed by atoms with E-state index in [-0.39, 0.29) is 0 Å². The molecule has 9 heavy (non-hydrogen) atoms. The standard InChI is InChI=1S/C4H7F4N/c1-2(9)3(5)4(6,7)8/h2-3H,9H2,1H3/t2?,3-/m1/s1. The summed E-state index contributed by atoms with van der Waals surface area (Å²) in [6.07, 6.45) is -7.72. The van der Waals surface area contributed by atoms with Gasteiger partial charge in [-0.2, -0.15) is 13.2 Å². The van der Waals surface area contributed by atoms with Gasteiger partial charge in [-0.3, -0.25) is 0 Å². The normalized spacial score (nSPS) is 19.3. The van der Waals surface area contributed by atoms with Gasteiger partial charge in [0, 0.05) is 6.04 Å². The Morgan fingerprint density at radius 3 is 1.67 bits per heavy atom. The van der Waals surface area contributed by atoms with Crippen LogP contribution in [-0.2, 0) is 0 Å². The first kappa shape index (κ1) is 8.68. The molecule has 1 unspecified atom stereocenters. The summed E-state index contributed by atoms with van der Waals surface area (Å²) in [5.41, 5.74) is 4.63. The van der Waals surface area contributed by atoms with Crippen molar-refractivity contribution in [3.05, 3.63) is 0 Å².